The maximum absolute atomic E-state index is 5.54. The van der Waals surface area contributed by atoms with Crippen LogP contribution < -0.4 is 10.9 Å². The SMILES string of the molecule is CB(C)c1ccc(CC2OCCCO2)cc1.CB(C)c1ccc(CC2OCCO2)cc1.CC.CC.CC.CC. The Morgan fingerprint density at radius 1 is 0.487 bits per heavy atom. The van der Waals surface area contributed by atoms with E-state index in [4.69, 9.17) is 18.9 Å². The molecule has 0 bridgehead atoms. The van der Waals surface area contributed by atoms with Crippen molar-refractivity contribution in [3.8, 4) is 0 Å². The van der Waals surface area contributed by atoms with E-state index in [2.05, 4.69) is 75.8 Å². The van der Waals surface area contributed by atoms with E-state index < -0.39 is 0 Å². The van der Waals surface area contributed by atoms with Crippen molar-refractivity contribution >= 4 is 24.4 Å². The average Bonchev–Trinajstić information content (AvgIpc) is 3.52. The summed E-state index contributed by atoms with van der Waals surface area (Å²) in [7, 11) is 0. The molecule has 2 aromatic carbocycles. The van der Waals surface area contributed by atoms with Crippen molar-refractivity contribution in [3.63, 3.8) is 0 Å². The highest BCUT2D eigenvalue weighted by molar-refractivity contribution is 6.71. The van der Waals surface area contributed by atoms with Gasteiger partial charge in [-0.25, -0.2) is 0 Å². The highest BCUT2D eigenvalue weighted by Crippen LogP contribution is 2.12. The maximum atomic E-state index is 5.54. The van der Waals surface area contributed by atoms with E-state index in [9.17, 15) is 0 Å². The first kappa shape index (κ1) is 39.6. The highest BCUT2D eigenvalue weighted by atomic mass is 16.7. The third-order valence-corrected chi connectivity index (χ3v) is 5.68. The van der Waals surface area contributed by atoms with Crippen LogP contribution in [0.1, 0.15) is 72.9 Å². The van der Waals surface area contributed by atoms with Crippen LogP contribution in [0, 0.1) is 0 Å². The Hall–Kier alpha value is -1.59. The van der Waals surface area contributed by atoms with E-state index in [1.807, 2.05) is 55.4 Å². The third-order valence-electron chi connectivity index (χ3n) is 5.68. The van der Waals surface area contributed by atoms with Gasteiger partial charge in [-0.05, 0) is 17.5 Å². The number of rotatable bonds is 6. The molecular formula is C33H60B2O4. The van der Waals surface area contributed by atoms with Gasteiger partial charge in [0.2, 0.25) is 0 Å². The van der Waals surface area contributed by atoms with Gasteiger partial charge in [0.25, 0.3) is 0 Å². The second kappa shape index (κ2) is 26.6. The van der Waals surface area contributed by atoms with Gasteiger partial charge in [0, 0.05) is 12.8 Å². The molecule has 0 saturated carbocycles. The van der Waals surface area contributed by atoms with Gasteiger partial charge in [0.1, 0.15) is 0 Å². The summed E-state index contributed by atoms with van der Waals surface area (Å²) in [5, 5.41) is 0. The lowest BCUT2D eigenvalue weighted by Crippen LogP contribution is -2.27. The first-order valence-corrected chi connectivity index (χ1v) is 15.7. The largest absolute Gasteiger partial charge is 0.352 e. The Labute approximate surface area is 243 Å². The molecule has 0 unspecified atom stereocenters. The molecule has 222 valence electrons. The summed E-state index contributed by atoms with van der Waals surface area (Å²) in [5.74, 6) is 0. The molecule has 0 atom stereocenters. The zero-order valence-corrected chi connectivity index (χ0v) is 27.5. The Kier molecular flexibility index (Phi) is 27.0. The minimum Gasteiger partial charge on any atom is -0.352 e. The van der Waals surface area contributed by atoms with E-state index in [1.165, 1.54) is 22.1 Å². The van der Waals surface area contributed by atoms with Gasteiger partial charge >= 0.3 is 0 Å². The van der Waals surface area contributed by atoms with Crippen molar-refractivity contribution in [1.82, 2.24) is 0 Å². The van der Waals surface area contributed by atoms with E-state index >= 15 is 0 Å². The minimum atomic E-state index is -0.0429. The zero-order valence-electron chi connectivity index (χ0n) is 27.5. The molecule has 4 rings (SSSR count). The quantitative estimate of drug-likeness (QED) is 0.352. The fraction of sp³-hybridized carbons (Fsp3) is 0.636. The van der Waals surface area contributed by atoms with Crippen LogP contribution in [0.25, 0.3) is 0 Å². The van der Waals surface area contributed by atoms with Crippen molar-refractivity contribution in [2.75, 3.05) is 26.4 Å². The van der Waals surface area contributed by atoms with Crippen LogP contribution in [0.3, 0.4) is 0 Å². The molecule has 0 amide bonds. The summed E-state index contributed by atoms with van der Waals surface area (Å²) in [6.07, 6.45) is 2.66. The maximum Gasteiger partial charge on any atom is 0.169 e. The van der Waals surface area contributed by atoms with Crippen molar-refractivity contribution in [2.24, 2.45) is 0 Å². The van der Waals surface area contributed by atoms with Crippen LogP contribution in [-0.4, -0.2) is 52.4 Å². The number of hydrogen-bond acceptors (Lipinski definition) is 4. The molecular weight excluding hydrogens is 482 g/mol. The van der Waals surface area contributed by atoms with E-state index in [1.54, 1.807) is 0 Å². The van der Waals surface area contributed by atoms with Crippen molar-refractivity contribution in [2.45, 2.75) is 115 Å². The Bertz CT molecular complexity index is 752. The normalized spacial score (nSPS) is 14.3. The summed E-state index contributed by atoms with van der Waals surface area (Å²) in [5.41, 5.74) is 5.34. The monoisotopic (exact) mass is 542 g/mol. The Morgan fingerprint density at radius 3 is 1.05 bits per heavy atom. The molecule has 0 aliphatic carbocycles. The van der Waals surface area contributed by atoms with Gasteiger partial charge in [0.15, 0.2) is 26.0 Å². The number of hydrogen-bond donors (Lipinski definition) is 0. The van der Waals surface area contributed by atoms with E-state index in [0.29, 0.717) is 13.4 Å². The first-order chi connectivity index (χ1) is 19.0. The van der Waals surface area contributed by atoms with Crippen LogP contribution in [0.15, 0.2) is 48.5 Å². The Balaban J connectivity index is 0. The third kappa shape index (κ3) is 17.7. The highest BCUT2D eigenvalue weighted by Gasteiger charge is 2.16. The van der Waals surface area contributed by atoms with Gasteiger partial charge in [0.05, 0.1) is 26.4 Å². The molecule has 6 heteroatoms. The molecule has 0 aromatic heterocycles. The Morgan fingerprint density at radius 2 is 0.769 bits per heavy atom. The van der Waals surface area contributed by atoms with Crippen LogP contribution in [-0.2, 0) is 31.8 Å². The molecule has 2 fully saturated rings. The van der Waals surface area contributed by atoms with Crippen molar-refractivity contribution in [1.29, 1.82) is 0 Å². The first-order valence-electron chi connectivity index (χ1n) is 15.7. The van der Waals surface area contributed by atoms with Crippen molar-refractivity contribution < 1.29 is 18.9 Å². The fourth-order valence-corrected chi connectivity index (χ4v) is 3.64. The molecule has 0 spiro atoms. The molecule has 4 nitrogen and oxygen atoms in total. The second-order valence-electron chi connectivity index (χ2n) is 8.90. The summed E-state index contributed by atoms with van der Waals surface area (Å²) < 4.78 is 21.9. The fourth-order valence-electron chi connectivity index (χ4n) is 3.64. The van der Waals surface area contributed by atoms with Gasteiger partial charge in [-0.3, -0.25) is 0 Å². The number of benzene rings is 2. The summed E-state index contributed by atoms with van der Waals surface area (Å²) in [4.78, 5) is 0. The summed E-state index contributed by atoms with van der Waals surface area (Å²) >= 11 is 0. The molecule has 0 N–H and O–H groups in total. The van der Waals surface area contributed by atoms with Crippen LogP contribution in [0.4, 0.5) is 0 Å². The van der Waals surface area contributed by atoms with Gasteiger partial charge in [-0.1, -0.05) is 142 Å². The lowest BCUT2D eigenvalue weighted by Gasteiger charge is -2.23. The predicted molar refractivity (Wildman–Crippen MR) is 176 cm³/mol. The van der Waals surface area contributed by atoms with Crippen LogP contribution in [0.5, 0.6) is 0 Å². The molecule has 2 aliphatic rings. The minimum absolute atomic E-state index is 0.0325. The van der Waals surface area contributed by atoms with Gasteiger partial charge in [-0.2, -0.15) is 0 Å². The lowest BCUT2D eigenvalue weighted by atomic mass is 9.49. The molecule has 2 heterocycles. The van der Waals surface area contributed by atoms with Gasteiger partial charge in [-0.15, -0.1) is 0 Å². The molecule has 2 saturated heterocycles. The second-order valence-corrected chi connectivity index (χ2v) is 8.90. The van der Waals surface area contributed by atoms with E-state index in [0.717, 1.165) is 45.7 Å². The molecule has 2 aliphatic heterocycles. The van der Waals surface area contributed by atoms with Crippen LogP contribution in [0.2, 0.25) is 27.3 Å². The standard InChI is InChI=1S/C13H19BO2.C12H17BO2.4C2H6/c1-14(2)12-6-4-11(5-7-12)10-13-15-8-3-9-16-13;1-13(2)11-5-3-10(4-6-11)9-12-14-7-8-15-12;4*1-2/h4-7,13H,3,8-10H2,1-2H3;3-6,12H,7-9H2,1-2H3;4*1-2H3. The van der Waals surface area contributed by atoms with Gasteiger partial charge < -0.3 is 18.9 Å². The molecule has 39 heavy (non-hydrogen) atoms. The lowest BCUT2D eigenvalue weighted by molar-refractivity contribution is -0.176. The predicted octanol–water partition coefficient (Wildman–Crippen LogP) is 7.62. The molecule has 2 aromatic rings. The summed E-state index contributed by atoms with van der Waals surface area (Å²) in [6.45, 7) is 29.1. The molecule has 0 radical (unpaired) electrons. The smallest absolute Gasteiger partial charge is 0.169 e. The van der Waals surface area contributed by atoms with Crippen molar-refractivity contribution in [3.05, 3.63) is 59.7 Å². The topological polar surface area (TPSA) is 36.9 Å². The zero-order chi connectivity index (χ0) is 30.1. The average molecular weight is 542 g/mol. The number of ether oxygens (including phenoxy) is 4. The van der Waals surface area contributed by atoms with E-state index in [-0.39, 0.29) is 12.6 Å². The van der Waals surface area contributed by atoms with Crippen LogP contribution >= 0.6 is 0 Å². The summed E-state index contributed by atoms with van der Waals surface area (Å²) in [6, 6.07) is 17.5.